The molecule has 0 saturated heterocycles. The number of hydrogen-bond acceptors (Lipinski definition) is 6. The lowest BCUT2D eigenvalue weighted by molar-refractivity contribution is -0.137. The number of rotatable bonds is 4. The van der Waals surface area contributed by atoms with Crippen molar-refractivity contribution < 1.29 is 24.6 Å². The number of carbonyl (C=O) groups excluding carboxylic acids is 3. The van der Waals surface area contributed by atoms with Crippen LogP contribution in [0, 0.1) is 5.92 Å². The Kier molecular flexibility index (Phi) is 5.71. The molecule has 0 unspecified atom stereocenters. The van der Waals surface area contributed by atoms with Crippen LogP contribution in [0.3, 0.4) is 0 Å². The number of hydrogen-bond donors (Lipinski definition) is 5. The number of nitrogens with one attached hydrogen (secondary N) is 2. The molecular weight excluding hydrogens is 435 g/mol. The topological polar surface area (TPSA) is 154 Å². The second-order valence-corrected chi connectivity index (χ2v) is 7.36. The maximum Gasteiger partial charge on any atom is 0.329 e. The molecule has 30 heavy (non-hydrogen) atoms. The zero-order valence-electron chi connectivity index (χ0n) is 15.4. The van der Waals surface area contributed by atoms with Gasteiger partial charge in [-0.2, -0.15) is 5.10 Å². The Balaban J connectivity index is 2.20. The van der Waals surface area contributed by atoms with Gasteiger partial charge in [-0.3, -0.25) is 14.4 Å². The first-order valence-electron chi connectivity index (χ1n) is 8.57. The van der Waals surface area contributed by atoms with Crippen LogP contribution in [0.5, 0.6) is 5.75 Å². The number of nitrogens with two attached hydrogens (primary N) is 1. The van der Waals surface area contributed by atoms with Crippen molar-refractivity contribution in [2.75, 3.05) is 5.32 Å². The molecule has 6 N–H and O–H groups in total. The van der Waals surface area contributed by atoms with Crippen LogP contribution in [0.2, 0.25) is 10.0 Å². The fourth-order valence-corrected chi connectivity index (χ4v) is 3.62. The first-order valence-corrected chi connectivity index (χ1v) is 9.32. The van der Waals surface area contributed by atoms with Crippen molar-refractivity contribution in [3.05, 3.63) is 57.6 Å². The third kappa shape index (κ3) is 3.47. The summed E-state index contributed by atoms with van der Waals surface area (Å²) < 4.78 is 0. The van der Waals surface area contributed by atoms with E-state index in [0.717, 1.165) is 0 Å². The summed E-state index contributed by atoms with van der Waals surface area (Å²) >= 11 is 12.2. The summed E-state index contributed by atoms with van der Waals surface area (Å²) in [4.78, 5) is 35.4. The Morgan fingerprint density at radius 2 is 1.83 bits per heavy atom. The molecule has 156 valence electrons. The van der Waals surface area contributed by atoms with Gasteiger partial charge < -0.3 is 21.3 Å². The van der Waals surface area contributed by atoms with E-state index in [4.69, 9.17) is 28.9 Å². The Morgan fingerprint density at radius 3 is 2.50 bits per heavy atom. The minimum absolute atomic E-state index is 0.0221. The highest BCUT2D eigenvalue weighted by molar-refractivity contribution is 6.38. The van der Waals surface area contributed by atoms with E-state index in [9.17, 15) is 24.6 Å². The van der Waals surface area contributed by atoms with E-state index >= 15 is 0 Å². The maximum atomic E-state index is 12.7. The van der Waals surface area contributed by atoms with Crippen molar-refractivity contribution in [1.29, 1.82) is 0 Å². The third-order valence-corrected chi connectivity index (χ3v) is 5.42. The van der Waals surface area contributed by atoms with Crippen LogP contribution in [-0.4, -0.2) is 33.6 Å². The first-order chi connectivity index (χ1) is 14.1. The van der Waals surface area contributed by atoms with E-state index in [1.165, 1.54) is 19.1 Å². The molecule has 0 spiro atoms. The van der Waals surface area contributed by atoms with Crippen molar-refractivity contribution in [1.82, 2.24) is 5.43 Å². The maximum absolute atomic E-state index is 12.7. The summed E-state index contributed by atoms with van der Waals surface area (Å²) in [5.74, 6) is -4.97. The van der Waals surface area contributed by atoms with Crippen molar-refractivity contribution >= 4 is 52.3 Å². The summed E-state index contributed by atoms with van der Waals surface area (Å²) in [7, 11) is 0. The second kappa shape index (κ2) is 7.94. The summed E-state index contributed by atoms with van der Waals surface area (Å²) in [6, 6.07) is 9.16. The molecule has 0 bridgehead atoms. The van der Waals surface area contributed by atoms with E-state index in [1.54, 1.807) is 24.3 Å². The number of para-hydroxylation sites is 1. The van der Waals surface area contributed by atoms with Crippen molar-refractivity contribution in [3.63, 3.8) is 0 Å². The van der Waals surface area contributed by atoms with Crippen LogP contribution in [-0.2, 0) is 20.0 Å². The Hall–Kier alpha value is -3.14. The number of phenols is 1. The summed E-state index contributed by atoms with van der Waals surface area (Å²) in [5, 5.41) is 28.2. The Morgan fingerprint density at radius 1 is 1.20 bits per heavy atom. The van der Waals surface area contributed by atoms with Crippen molar-refractivity contribution in [2.24, 2.45) is 16.8 Å². The van der Waals surface area contributed by atoms with Gasteiger partial charge in [0.15, 0.2) is 5.60 Å². The molecule has 0 fully saturated rings. The van der Waals surface area contributed by atoms with E-state index in [1.807, 2.05) is 5.43 Å². The van der Waals surface area contributed by atoms with Gasteiger partial charge in [0.2, 0.25) is 0 Å². The third-order valence-electron chi connectivity index (χ3n) is 4.80. The molecule has 0 radical (unpaired) electrons. The Bertz CT molecular complexity index is 1100. The molecular formula is C19H16Cl2N4O5. The van der Waals surface area contributed by atoms with Crippen molar-refractivity contribution in [3.8, 4) is 5.75 Å². The quantitative estimate of drug-likeness (QED) is 0.271. The molecule has 0 aliphatic carbocycles. The minimum Gasteiger partial charge on any atom is -0.506 e. The molecule has 3 rings (SSSR count). The average molecular weight is 451 g/mol. The van der Waals surface area contributed by atoms with E-state index < -0.39 is 35.0 Å². The van der Waals surface area contributed by atoms with Gasteiger partial charge in [-0.25, -0.2) is 5.43 Å². The number of halogens is 2. The van der Waals surface area contributed by atoms with Crippen LogP contribution in [0.4, 0.5) is 5.69 Å². The van der Waals surface area contributed by atoms with E-state index in [2.05, 4.69) is 10.4 Å². The number of primary amides is 1. The number of carbonyl (C=O) groups is 3. The van der Waals surface area contributed by atoms with E-state index in [0.29, 0.717) is 5.69 Å². The predicted octanol–water partition coefficient (Wildman–Crippen LogP) is 1.48. The summed E-state index contributed by atoms with van der Waals surface area (Å²) in [6.07, 6.45) is 0. The zero-order chi connectivity index (χ0) is 22.2. The number of aliphatic hydroxyl groups is 1. The van der Waals surface area contributed by atoms with Gasteiger partial charge in [-0.05, 0) is 18.2 Å². The smallest absolute Gasteiger partial charge is 0.329 e. The Labute approximate surface area is 180 Å². The van der Waals surface area contributed by atoms with Crippen LogP contribution in [0.15, 0.2) is 41.5 Å². The average Bonchev–Trinajstić information content (AvgIpc) is 2.98. The monoisotopic (exact) mass is 450 g/mol. The van der Waals surface area contributed by atoms with Gasteiger partial charge in [0.05, 0.1) is 21.3 Å². The molecule has 9 nitrogen and oxygen atoms in total. The molecule has 1 aliphatic heterocycles. The molecule has 1 heterocycles. The highest BCUT2D eigenvalue weighted by Gasteiger charge is 2.51. The molecule has 3 amide bonds. The van der Waals surface area contributed by atoms with Crippen LogP contribution < -0.4 is 16.5 Å². The van der Waals surface area contributed by atoms with Gasteiger partial charge in [0, 0.05) is 17.2 Å². The number of hydrazone groups is 1. The minimum atomic E-state index is -2.13. The van der Waals surface area contributed by atoms with Gasteiger partial charge in [0.1, 0.15) is 5.75 Å². The van der Waals surface area contributed by atoms with Crippen molar-refractivity contribution in [2.45, 2.75) is 12.5 Å². The van der Waals surface area contributed by atoms with Crippen LogP contribution >= 0.6 is 23.2 Å². The molecule has 2 aromatic rings. The van der Waals surface area contributed by atoms with E-state index in [-0.39, 0.29) is 26.9 Å². The number of fused-ring (bicyclic) bond motifs is 1. The van der Waals surface area contributed by atoms with Crippen LogP contribution in [0.1, 0.15) is 18.1 Å². The molecule has 11 heteroatoms. The lowest BCUT2D eigenvalue weighted by Crippen LogP contribution is -2.45. The fraction of sp³-hybridized carbons (Fsp3) is 0.158. The van der Waals surface area contributed by atoms with Gasteiger partial charge in [-0.1, -0.05) is 48.3 Å². The summed E-state index contributed by atoms with van der Waals surface area (Å²) in [6.45, 7) is 1.44. The molecule has 2 aromatic carbocycles. The standard InChI is InChI=1S/C19H16Cl2N4O5/c1-8(19(30)9-4-2-3-5-12(9)23-18(19)29)14(24-25-17(28)16(22)27)13-10(20)6-7-11(21)15(13)26/h2-8,26,30H,1H3,(H2,22,27)(H,23,29)(H,25,28)/b24-14+/t8-,19+/m1/s1. The summed E-state index contributed by atoms with van der Waals surface area (Å²) in [5.41, 5.74) is 5.03. The van der Waals surface area contributed by atoms with Gasteiger partial charge >= 0.3 is 11.8 Å². The highest BCUT2D eigenvalue weighted by atomic mass is 35.5. The SMILES string of the molecule is C[C@H](/C(=N\NC(=O)C(N)=O)c1c(Cl)ccc(Cl)c1O)[C@@]1(O)C(=O)Nc2ccccc21. The molecule has 0 saturated carbocycles. The molecule has 1 aliphatic rings. The van der Waals surface area contributed by atoms with Crippen LogP contribution in [0.25, 0.3) is 0 Å². The number of phenolic OH excluding ortho intramolecular Hbond substituents is 1. The fourth-order valence-electron chi connectivity index (χ4n) is 3.21. The molecule has 0 aromatic heterocycles. The lowest BCUT2D eigenvalue weighted by atomic mass is 9.78. The largest absolute Gasteiger partial charge is 0.506 e. The second-order valence-electron chi connectivity index (χ2n) is 6.54. The van der Waals surface area contributed by atoms with Gasteiger partial charge in [0.25, 0.3) is 5.91 Å². The number of nitrogens with zero attached hydrogens (tertiary/aromatic N) is 1. The van der Waals surface area contributed by atoms with Gasteiger partial charge in [-0.15, -0.1) is 0 Å². The number of anilines is 1. The number of amides is 3. The normalized spacial score (nSPS) is 19.1. The first kappa shape index (κ1) is 21.6. The lowest BCUT2D eigenvalue weighted by Gasteiger charge is -2.30. The predicted molar refractivity (Wildman–Crippen MR) is 110 cm³/mol. The number of aromatic hydroxyl groups is 1. The number of benzene rings is 2. The zero-order valence-corrected chi connectivity index (χ0v) is 17.0. The highest BCUT2D eigenvalue weighted by Crippen LogP contribution is 2.44. The molecule has 2 atom stereocenters.